The smallest absolute Gasteiger partial charge is 0.305 e. The molecule has 39 heavy (non-hydrogen) atoms. The van der Waals surface area contributed by atoms with Gasteiger partial charge in [-0.1, -0.05) is 108 Å². The van der Waals surface area contributed by atoms with Crippen molar-refractivity contribution < 1.29 is 28.9 Å². The van der Waals surface area contributed by atoms with Gasteiger partial charge in [-0.05, 0) is 44.9 Å². The maximum Gasteiger partial charge on any atom is 0.305 e. The van der Waals surface area contributed by atoms with E-state index in [0.29, 0.717) is 31.5 Å². The summed E-state index contributed by atoms with van der Waals surface area (Å²) < 4.78 is 15.9. The summed E-state index contributed by atoms with van der Waals surface area (Å²) >= 11 is 0. The van der Waals surface area contributed by atoms with E-state index in [4.69, 9.17) is 14.2 Å². The van der Waals surface area contributed by atoms with Crippen LogP contribution in [0, 0.1) is 0 Å². The van der Waals surface area contributed by atoms with Crippen molar-refractivity contribution in [2.75, 3.05) is 13.2 Å². The molecule has 0 aromatic rings. The van der Waals surface area contributed by atoms with Crippen LogP contribution in [-0.2, 0) is 23.8 Å². The Bertz CT molecular complexity index is 698. The van der Waals surface area contributed by atoms with Crippen LogP contribution in [0.15, 0.2) is 36.5 Å². The van der Waals surface area contributed by atoms with Gasteiger partial charge >= 0.3 is 11.9 Å². The lowest BCUT2D eigenvalue weighted by Gasteiger charge is -2.12. The molecule has 0 amide bonds. The average molecular weight is 549 g/mol. The number of esters is 2. The molecule has 0 spiro atoms. The Morgan fingerprint density at radius 2 is 1.23 bits per heavy atom. The predicted octanol–water partition coefficient (Wildman–Crippen LogP) is 7.93. The SMILES string of the molecule is CCCCCCCCCC(=O)OC[C@@H](O)COC(=O)CCC/C=C\C/C=C\C/C=C\CC1OC1CCCCC. The molecule has 6 heteroatoms. The third-order valence-corrected chi connectivity index (χ3v) is 6.80. The fourth-order valence-corrected chi connectivity index (χ4v) is 4.29. The minimum absolute atomic E-state index is 0.136. The molecule has 1 aliphatic rings. The fourth-order valence-electron chi connectivity index (χ4n) is 4.29. The topological polar surface area (TPSA) is 85.4 Å². The molecule has 1 fully saturated rings. The summed E-state index contributed by atoms with van der Waals surface area (Å²) in [6.07, 6.45) is 31.0. The lowest BCUT2D eigenvalue weighted by molar-refractivity contribution is -0.152. The van der Waals surface area contributed by atoms with Crippen LogP contribution in [0.25, 0.3) is 0 Å². The Balaban J connectivity index is 1.90. The summed E-state index contributed by atoms with van der Waals surface area (Å²) in [5.74, 6) is -0.644. The highest BCUT2D eigenvalue weighted by Crippen LogP contribution is 2.30. The van der Waals surface area contributed by atoms with E-state index in [9.17, 15) is 14.7 Å². The van der Waals surface area contributed by atoms with Crippen LogP contribution in [0.1, 0.15) is 129 Å². The van der Waals surface area contributed by atoms with Gasteiger partial charge in [0.15, 0.2) is 0 Å². The molecule has 2 unspecified atom stereocenters. The van der Waals surface area contributed by atoms with Gasteiger partial charge in [0.1, 0.15) is 19.3 Å². The van der Waals surface area contributed by atoms with E-state index < -0.39 is 6.10 Å². The van der Waals surface area contributed by atoms with Crippen LogP contribution in [0.4, 0.5) is 0 Å². The van der Waals surface area contributed by atoms with Gasteiger partial charge in [-0.3, -0.25) is 9.59 Å². The lowest BCUT2D eigenvalue weighted by Crippen LogP contribution is -2.25. The third kappa shape index (κ3) is 22.6. The molecular weight excluding hydrogens is 492 g/mol. The van der Waals surface area contributed by atoms with Gasteiger partial charge in [0, 0.05) is 12.8 Å². The number of hydrogen-bond donors (Lipinski definition) is 1. The highest BCUT2D eigenvalue weighted by atomic mass is 16.6. The van der Waals surface area contributed by atoms with E-state index in [-0.39, 0.29) is 25.2 Å². The molecular formula is C33H56O6. The monoisotopic (exact) mass is 548 g/mol. The first kappa shape index (κ1) is 35.1. The molecule has 1 heterocycles. The Hall–Kier alpha value is -1.92. The van der Waals surface area contributed by atoms with Gasteiger partial charge in [0.05, 0.1) is 12.2 Å². The standard InChI is InChI=1S/C33H56O6/c1-3-5-7-8-13-17-21-25-32(35)37-27-29(34)28-38-33(36)26-22-18-15-12-10-9-11-14-16-20-24-31-30(39-31)23-19-6-4-2/h9,11-12,15-16,20,29-31,34H,3-8,10,13-14,17-19,21-28H2,1-2H3/b11-9-,15-12-,20-16-/t29-,30?,31?/m1/s1. The first-order valence-electron chi connectivity index (χ1n) is 15.7. The van der Waals surface area contributed by atoms with Crippen molar-refractivity contribution in [3.05, 3.63) is 36.5 Å². The molecule has 1 rings (SSSR count). The molecule has 3 atom stereocenters. The van der Waals surface area contributed by atoms with E-state index in [1.165, 1.54) is 51.4 Å². The Labute approximate surface area is 238 Å². The first-order chi connectivity index (χ1) is 19.1. The van der Waals surface area contributed by atoms with Gasteiger partial charge in [0.25, 0.3) is 0 Å². The first-order valence-corrected chi connectivity index (χ1v) is 15.7. The zero-order valence-electron chi connectivity index (χ0n) is 24.8. The van der Waals surface area contributed by atoms with E-state index in [2.05, 4.69) is 50.3 Å². The van der Waals surface area contributed by atoms with E-state index in [0.717, 1.165) is 44.9 Å². The van der Waals surface area contributed by atoms with Crippen molar-refractivity contribution in [3.63, 3.8) is 0 Å². The normalized spacial score (nSPS) is 17.8. The number of carbonyl (C=O) groups is 2. The Kier molecular flexibility index (Phi) is 22.6. The maximum absolute atomic E-state index is 11.8. The summed E-state index contributed by atoms with van der Waals surface area (Å²) in [5.41, 5.74) is 0. The van der Waals surface area contributed by atoms with Crippen LogP contribution in [0.3, 0.4) is 0 Å². The number of aliphatic hydroxyl groups is 1. The van der Waals surface area contributed by atoms with E-state index in [1.54, 1.807) is 0 Å². The molecule has 0 aromatic carbocycles. The largest absolute Gasteiger partial charge is 0.463 e. The highest BCUT2D eigenvalue weighted by molar-refractivity contribution is 5.69. The second-order valence-electron chi connectivity index (χ2n) is 10.6. The van der Waals surface area contributed by atoms with Crippen molar-refractivity contribution >= 4 is 11.9 Å². The molecule has 0 aliphatic carbocycles. The second kappa shape index (κ2) is 25.1. The van der Waals surface area contributed by atoms with E-state index in [1.807, 2.05) is 0 Å². The molecule has 6 nitrogen and oxygen atoms in total. The number of hydrogen-bond acceptors (Lipinski definition) is 6. The molecule has 0 radical (unpaired) electrons. The number of rotatable bonds is 26. The maximum atomic E-state index is 11.8. The van der Waals surface area contributed by atoms with Gasteiger partial charge in [-0.15, -0.1) is 0 Å². The lowest BCUT2D eigenvalue weighted by atomic mass is 10.1. The van der Waals surface area contributed by atoms with Crippen LogP contribution >= 0.6 is 0 Å². The molecule has 0 aromatic heterocycles. The molecule has 0 bridgehead atoms. The average Bonchev–Trinajstić information content (AvgIpc) is 3.68. The Morgan fingerprint density at radius 1 is 0.692 bits per heavy atom. The van der Waals surface area contributed by atoms with Crippen LogP contribution in [0.5, 0.6) is 0 Å². The van der Waals surface area contributed by atoms with Crippen molar-refractivity contribution in [1.29, 1.82) is 0 Å². The number of unbranched alkanes of at least 4 members (excludes halogenated alkanes) is 9. The second-order valence-corrected chi connectivity index (χ2v) is 10.6. The summed E-state index contributed by atoms with van der Waals surface area (Å²) in [4.78, 5) is 23.6. The third-order valence-electron chi connectivity index (χ3n) is 6.80. The van der Waals surface area contributed by atoms with Crippen LogP contribution in [-0.4, -0.2) is 48.6 Å². The minimum Gasteiger partial charge on any atom is -0.463 e. The van der Waals surface area contributed by atoms with Crippen LogP contribution < -0.4 is 0 Å². The molecule has 224 valence electrons. The predicted molar refractivity (Wildman–Crippen MR) is 158 cm³/mol. The minimum atomic E-state index is -0.983. The number of epoxide rings is 1. The zero-order valence-corrected chi connectivity index (χ0v) is 24.8. The quantitative estimate of drug-likeness (QED) is 0.0511. The van der Waals surface area contributed by atoms with Gasteiger partial charge in [0.2, 0.25) is 0 Å². The fraction of sp³-hybridized carbons (Fsp3) is 0.758. The highest BCUT2D eigenvalue weighted by Gasteiger charge is 2.36. The van der Waals surface area contributed by atoms with Crippen molar-refractivity contribution in [2.24, 2.45) is 0 Å². The van der Waals surface area contributed by atoms with Gasteiger partial charge < -0.3 is 19.3 Å². The zero-order chi connectivity index (χ0) is 28.4. The summed E-state index contributed by atoms with van der Waals surface area (Å²) in [7, 11) is 0. The summed E-state index contributed by atoms with van der Waals surface area (Å²) in [5, 5.41) is 9.89. The van der Waals surface area contributed by atoms with Crippen molar-refractivity contribution in [2.45, 2.75) is 148 Å². The van der Waals surface area contributed by atoms with Crippen molar-refractivity contribution in [1.82, 2.24) is 0 Å². The Morgan fingerprint density at radius 3 is 1.90 bits per heavy atom. The molecule has 1 N–H and O–H groups in total. The van der Waals surface area contributed by atoms with Crippen LogP contribution in [0.2, 0.25) is 0 Å². The number of aliphatic hydroxyl groups excluding tert-OH is 1. The number of carbonyl (C=O) groups excluding carboxylic acids is 2. The summed E-state index contributed by atoms with van der Waals surface area (Å²) in [6, 6.07) is 0. The van der Waals surface area contributed by atoms with E-state index >= 15 is 0 Å². The summed E-state index contributed by atoms with van der Waals surface area (Å²) in [6.45, 7) is 4.14. The molecule has 0 saturated carbocycles. The van der Waals surface area contributed by atoms with Gasteiger partial charge in [-0.25, -0.2) is 0 Å². The number of allylic oxidation sites excluding steroid dienone is 5. The molecule has 1 saturated heterocycles. The molecule has 1 aliphatic heterocycles. The van der Waals surface area contributed by atoms with Gasteiger partial charge in [-0.2, -0.15) is 0 Å². The van der Waals surface area contributed by atoms with Crippen molar-refractivity contribution in [3.8, 4) is 0 Å². The number of ether oxygens (including phenoxy) is 3.